The van der Waals surface area contributed by atoms with Gasteiger partial charge in [0.05, 0.1) is 12.2 Å². The van der Waals surface area contributed by atoms with Crippen molar-refractivity contribution >= 4 is 8.32 Å². The molecule has 1 heterocycles. The fourth-order valence-electron chi connectivity index (χ4n) is 2.20. The summed E-state index contributed by atoms with van der Waals surface area (Å²) < 4.78 is 18.1. The molecule has 1 aliphatic heterocycles. The molecule has 1 saturated carbocycles. The van der Waals surface area contributed by atoms with E-state index in [9.17, 15) is 0 Å². The van der Waals surface area contributed by atoms with Crippen LogP contribution in [-0.2, 0) is 13.9 Å². The molecule has 0 aromatic rings. The first-order valence-corrected chi connectivity index (χ1v) is 10.6. The van der Waals surface area contributed by atoms with E-state index >= 15 is 0 Å². The van der Waals surface area contributed by atoms with Gasteiger partial charge in [-0.05, 0) is 50.2 Å². The second-order valence-corrected chi connectivity index (χ2v) is 12.4. The molecule has 1 saturated heterocycles. The lowest BCUT2D eigenvalue weighted by Gasteiger charge is -2.40. The van der Waals surface area contributed by atoms with E-state index in [0.29, 0.717) is 6.61 Å². The van der Waals surface area contributed by atoms with E-state index in [0.717, 1.165) is 25.9 Å². The molecule has 0 radical (unpaired) electrons. The Hall–Kier alpha value is 0.0969. The summed E-state index contributed by atoms with van der Waals surface area (Å²) in [5.41, 5.74) is 0.00378. The standard InChI is InChI=1S/C15H30O3Si/c1-14(2,3)19(4,5)18-15(9-10-15)12-17-13-8-6-7-11-16-13/h13H,6-12H2,1-5H3. The molecular weight excluding hydrogens is 256 g/mol. The first-order valence-electron chi connectivity index (χ1n) is 7.68. The molecule has 4 heteroatoms. The SMILES string of the molecule is CC(C)(C)[Si](C)(C)OC1(COC2CCCCO2)CC1. The van der Waals surface area contributed by atoms with Crippen molar-refractivity contribution in [3.8, 4) is 0 Å². The van der Waals surface area contributed by atoms with Crippen LogP contribution in [0.1, 0.15) is 52.9 Å². The fourth-order valence-corrected chi connectivity index (χ4v) is 3.85. The third-order valence-corrected chi connectivity index (χ3v) is 9.31. The van der Waals surface area contributed by atoms with Crippen molar-refractivity contribution in [1.82, 2.24) is 0 Å². The van der Waals surface area contributed by atoms with Gasteiger partial charge in [-0.15, -0.1) is 0 Å². The molecule has 0 amide bonds. The second-order valence-electron chi connectivity index (χ2n) is 7.65. The lowest BCUT2D eigenvalue weighted by atomic mass is 10.2. The predicted molar refractivity (Wildman–Crippen MR) is 79.8 cm³/mol. The van der Waals surface area contributed by atoms with Crippen molar-refractivity contribution in [3.05, 3.63) is 0 Å². The van der Waals surface area contributed by atoms with Crippen molar-refractivity contribution in [1.29, 1.82) is 0 Å². The van der Waals surface area contributed by atoms with Crippen LogP contribution in [0.25, 0.3) is 0 Å². The fraction of sp³-hybridized carbons (Fsp3) is 1.00. The van der Waals surface area contributed by atoms with Gasteiger partial charge >= 0.3 is 0 Å². The van der Waals surface area contributed by atoms with Gasteiger partial charge in [-0.1, -0.05) is 20.8 Å². The average Bonchev–Trinajstić information content (AvgIpc) is 3.06. The molecule has 2 rings (SSSR count). The zero-order valence-corrected chi connectivity index (χ0v) is 14.3. The zero-order chi connectivity index (χ0) is 14.1. The van der Waals surface area contributed by atoms with Crippen LogP contribution >= 0.6 is 0 Å². The van der Waals surface area contributed by atoms with Gasteiger partial charge in [0.1, 0.15) is 0 Å². The Morgan fingerprint density at radius 1 is 1.21 bits per heavy atom. The van der Waals surface area contributed by atoms with Crippen molar-refractivity contribution in [2.45, 2.75) is 82.9 Å². The van der Waals surface area contributed by atoms with Crippen molar-refractivity contribution in [3.63, 3.8) is 0 Å². The van der Waals surface area contributed by atoms with Crippen LogP contribution in [0.5, 0.6) is 0 Å². The van der Waals surface area contributed by atoms with Gasteiger partial charge in [0.25, 0.3) is 0 Å². The highest BCUT2D eigenvalue weighted by Crippen LogP contribution is 2.48. The molecule has 1 unspecified atom stereocenters. The van der Waals surface area contributed by atoms with Crippen LogP contribution in [0.4, 0.5) is 0 Å². The van der Waals surface area contributed by atoms with Crippen LogP contribution in [0.15, 0.2) is 0 Å². The number of ether oxygens (including phenoxy) is 2. The summed E-state index contributed by atoms with van der Waals surface area (Å²) in [5, 5.41) is 0.268. The van der Waals surface area contributed by atoms with Gasteiger partial charge in [0, 0.05) is 6.61 Å². The van der Waals surface area contributed by atoms with Crippen LogP contribution in [0.3, 0.4) is 0 Å². The van der Waals surface area contributed by atoms with Crippen molar-refractivity contribution in [2.75, 3.05) is 13.2 Å². The predicted octanol–water partition coefficient (Wildman–Crippen LogP) is 4.08. The topological polar surface area (TPSA) is 27.7 Å². The van der Waals surface area contributed by atoms with Crippen molar-refractivity contribution < 1.29 is 13.9 Å². The smallest absolute Gasteiger partial charge is 0.192 e. The molecule has 19 heavy (non-hydrogen) atoms. The molecule has 1 atom stereocenters. The molecule has 0 aromatic heterocycles. The third kappa shape index (κ3) is 4.03. The molecule has 0 aromatic carbocycles. The van der Waals surface area contributed by atoms with Gasteiger partial charge in [0.15, 0.2) is 14.6 Å². The number of hydrogen-bond donors (Lipinski definition) is 0. The quantitative estimate of drug-likeness (QED) is 0.713. The maximum Gasteiger partial charge on any atom is 0.192 e. The Balaban J connectivity index is 1.82. The normalized spacial score (nSPS) is 27.3. The Morgan fingerprint density at radius 3 is 2.37 bits per heavy atom. The van der Waals surface area contributed by atoms with E-state index in [4.69, 9.17) is 13.9 Å². The van der Waals surface area contributed by atoms with E-state index in [1.807, 2.05) is 0 Å². The van der Waals surface area contributed by atoms with Crippen LogP contribution in [0.2, 0.25) is 18.1 Å². The first-order chi connectivity index (χ1) is 8.74. The van der Waals surface area contributed by atoms with E-state index in [1.165, 1.54) is 12.8 Å². The highest BCUT2D eigenvalue weighted by atomic mass is 28.4. The zero-order valence-electron chi connectivity index (χ0n) is 13.3. The minimum Gasteiger partial charge on any atom is -0.409 e. The molecule has 0 bridgehead atoms. The van der Waals surface area contributed by atoms with E-state index < -0.39 is 8.32 Å². The van der Waals surface area contributed by atoms with E-state index in [1.54, 1.807) is 0 Å². The largest absolute Gasteiger partial charge is 0.409 e. The summed E-state index contributed by atoms with van der Waals surface area (Å²) in [4.78, 5) is 0. The van der Waals surface area contributed by atoms with Gasteiger partial charge in [0.2, 0.25) is 0 Å². The summed E-state index contributed by atoms with van der Waals surface area (Å²) in [6.45, 7) is 13.1. The van der Waals surface area contributed by atoms with Gasteiger partial charge in [-0.2, -0.15) is 0 Å². The minimum absolute atomic E-state index is 0.00378. The summed E-state index contributed by atoms with van der Waals surface area (Å²) in [5.74, 6) is 0. The summed E-state index contributed by atoms with van der Waals surface area (Å²) in [6, 6.07) is 0. The summed E-state index contributed by atoms with van der Waals surface area (Å²) >= 11 is 0. The third-order valence-electron chi connectivity index (χ3n) is 4.76. The molecular formula is C15H30O3Si. The minimum atomic E-state index is -1.69. The van der Waals surface area contributed by atoms with E-state index in [2.05, 4.69) is 33.9 Å². The first kappa shape index (κ1) is 15.5. The number of hydrogen-bond acceptors (Lipinski definition) is 3. The maximum absolute atomic E-state index is 6.55. The molecule has 112 valence electrons. The highest BCUT2D eigenvalue weighted by Gasteiger charge is 2.51. The highest BCUT2D eigenvalue weighted by molar-refractivity contribution is 6.74. The van der Waals surface area contributed by atoms with Crippen LogP contribution in [0, 0.1) is 0 Å². The number of rotatable bonds is 5. The summed E-state index contributed by atoms with van der Waals surface area (Å²) in [7, 11) is -1.69. The Labute approximate surface area is 119 Å². The molecule has 0 N–H and O–H groups in total. The molecule has 2 aliphatic rings. The monoisotopic (exact) mass is 286 g/mol. The van der Waals surface area contributed by atoms with E-state index in [-0.39, 0.29) is 16.9 Å². The lowest BCUT2D eigenvalue weighted by molar-refractivity contribution is -0.177. The van der Waals surface area contributed by atoms with Crippen LogP contribution < -0.4 is 0 Å². The van der Waals surface area contributed by atoms with Crippen LogP contribution in [-0.4, -0.2) is 33.4 Å². The van der Waals surface area contributed by atoms with Gasteiger partial charge < -0.3 is 13.9 Å². The molecule has 2 fully saturated rings. The Kier molecular flexibility index (Phi) is 4.46. The van der Waals surface area contributed by atoms with Gasteiger partial charge in [-0.25, -0.2) is 0 Å². The Morgan fingerprint density at radius 2 is 1.89 bits per heavy atom. The summed E-state index contributed by atoms with van der Waals surface area (Å²) in [6.07, 6.45) is 5.73. The van der Waals surface area contributed by atoms with Gasteiger partial charge in [-0.3, -0.25) is 0 Å². The molecule has 1 aliphatic carbocycles. The maximum atomic E-state index is 6.55. The molecule has 0 spiro atoms. The van der Waals surface area contributed by atoms with Crippen molar-refractivity contribution in [2.24, 2.45) is 0 Å². The average molecular weight is 286 g/mol. The second kappa shape index (κ2) is 5.47. The lowest BCUT2D eigenvalue weighted by Crippen LogP contribution is -2.46. The molecule has 3 nitrogen and oxygen atoms in total. The Bertz CT molecular complexity index is 299.